The van der Waals surface area contributed by atoms with Gasteiger partial charge in [-0.1, -0.05) is 12.1 Å². The van der Waals surface area contributed by atoms with E-state index in [4.69, 9.17) is 0 Å². The van der Waals surface area contributed by atoms with Crippen molar-refractivity contribution in [2.75, 3.05) is 23.3 Å². The summed E-state index contributed by atoms with van der Waals surface area (Å²) in [4.78, 5) is 6.72. The maximum atomic E-state index is 4.34. The quantitative estimate of drug-likeness (QED) is 0.861. The minimum absolute atomic E-state index is 0.913. The van der Waals surface area contributed by atoms with Crippen molar-refractivity contribution in [2.24, 2.45) is 0 Å². The van der Waals surface area contributed by atoms with Crippen LogP contribution < -0.4 is 10.2 Å². The number of nitrogens with zero attached hydrogens (tertiary/aromatic N) is 2. The molecule has 1 aromatic heterocycles. The number of fused-ring (bicyclic) bond motifs is 1. The summed E-state index contributed by atoms with van der Waals surface area (Å²) in [6.45, 7) is 2.95. The first-order chi connectivity index (χ1) is 7.93. The van der Waals surface area contributed by atoms with Crippen molar-refractivity contribution in [3.63, 3.8) is 0 Å². The van der Waals surface area contributed by atoms with Crippen LogP contribution in [0.5, 0.6) is 0 Å². The molecule has 4 heteroatoms. The second-order valence-corrected chi connectivity index (χ2v) is 4.77. The Morgan fingerprint density at radius 3 is 3.19 bits per heavy atom. The number of aromatic nitrogens is 1. The molecule has 0 radical (unpaired) electrons. The van der Waals surface area contributed by atoms with E-state index in [2.05, 4.69) is 39.5 Å². The summed E-state index contributed by atoms with van der Waals surface area (Å²) >= 11 is 1.72. The Balaban J connectivity index is 1.87. The fourth-order valence-electron chi connectivity index (χ4n) is 2.00. The molecule has 0 saturated heterocycles. The van der Waals surface area contributed by atoms with Crippen LogP contribution >= 0.6 is 11.3 Å². The maximum Gasteiger partial charge on any atom is 0.112 e. The minimum Gasteiger partial charge on any atom is -0.382 e. The number of para-hydroxylation sites is 2. The second-order valence-electron chi connectivity index (χ2n) is 3.79. The van der Waals surface area contributed by atoms with Crippen molar-refractivity contribution in [1.29, 1.82) is 0 Å². The number of rotatable bonds is 2. The van der Waals surface area contributed by atoms with Crippen LogP contribution in [0.4, 0.5) is 11.4 Å². The third-order valence-electron chi connectivity index (χ3n) is 2.75. The van der Waals surface area contributed by atoms with Crippen LogP contribution in [0, 0.1) is 0 Å². The highest BCUT2D eigenvalue weighted by Gasteiger charge is 2.16. The Labute approximate surface area is 98.7 Å². The normalized spacial score (nSPS) is 14.4. The lowest BCUT2D eigenvalue weighted by Gasteiger charge is -2.31. The van der Waals surface area contributed by atoms with E-state index in [0.29, 0.717) is 0 Å². The van der Waals surface area contributed by atoms with Crippen LogP contribution in [0.1, 0.15) is 5.01 Å². The highest BCUT2D eigenvalue weighted by Crippen LogP contribution is 2.29. The molecule has 0 saturated carbocycles. The van der Waals surface area contributed by atoms with Crippen molar-refractivity contribution in [3.05, 3.63) is 40.8 Å². The van der Waals surface area contributed by atoms with E-state index in [1.54, 1.807) is 11.3 Å². The first kappa shape index (κ1) is 9.66. The monoisotopic (exact) mass is 231 g/mol. The van der Waals surface area contributed by atoms with E-state index in [9.17, 15) is 0 Å². The second kappa shape index (κ2) is 4.14. The van der Waals surface area contributed by atoms with Crippen molar-refractivity contribution in [1.82, 2.24) is 4.98 Å². The van der Waals surface area contributed by atoms with Crippen LogP contribution in [0.25, 0.3) is 0 Å². The van der Waals surface area contributed by atoms with Crippen molar-refractivity contribution < 1.29 is 0 Å². The zero-order valence-corrected chi connectivity index (χ0v) is 9.70. The molecule has 1 aliphatic rings. The van der Waals surface area contributed by atoms with Crippen LogP contribution in [0.3, 0.4) is 0 Å². The van der Waals surface area contributed by atoms with Gasteiger partial charge in [0.05, 0.1) is 17.9 Å². The summed E-state index contributed by atoms with van der Waals surface area (Å²) in [5.74, 6) is 0. The molecule has 0 atom stereocenters. The third kappa shape index (κ3) is 1.76. The lowest BCUT2D eigenvalue weighted by Crippen LogP contribution is -2.33. The van der Waals surface area contributed by atoms with Crippen molar-refractivity contribution in [3.8, 4) is 0 Å². The van der Waals surface area contributed by atoms with E-state index < -0.39 is 0 Å². The zero-order chi connectivity index (χ0) is 10.8. The standard InChI is InChI=1S/C12H13N3S/c1-2-4-11-10(3-1)13-5-7-15(11)9-12-14-6-8-16-12/h1-4,6,8,13H,5,7,9H2. The van der Waals surface area contributed by atoms with Gasteiger partial charge in [-0.3, -0.25) is 0 Å². The number of thiazole rings is 1. The molecular weight excluding hydrogens is 218 g/mol. The van der Waals surface area contributed by atoms with Gasteiger partial charge in [-0.15, -0.1) is 11.3 Å². The molecule has 0 fully saturated rings. The Morgan fingerprint density at radius 1 is 1.38 bits per heavy atom. The molecule has 1 aliphatic heterocycles. The van der Waals surface area contributed by atoms with Crippen molar-refractivity contribution in [2.45, 2.75) is 6.54 Å². The fraction of sp³-hybridized carbons (Fsp3) is 0.250. The molecule has 2 heterocycles. The number of hydrogen-bond acceptors (Lipinski definition) is 4. The van der Waals surface area contributed by atoms with Gasteiger partial charge in [0.25, 0.3) is 0 Å². The Bertz CT molecular complexity index is 467. The first-order valence-corrected chi connectivity index (χ1v) is 6.28. The molecule has 0 spiro atoms. The number of nitrogens with one attached hydrogen (secondary N) is 1. The molecule has 1 aromatic carbocycles. The highest BCUT2D eigenvalue weighted by atomic mass is 32.1. The van der Waals surface area contributed by atoms with E-state index in [1.807, 2.05) is 11.6 Å². The van der Waals surface area contributed by atoms with E-state index in [-0.39, 0.29) is 0 Å². The third-order valence-corrected chi connectivity index (χ3v) is 3.52. The van der Waals surface area contributed by atoms with Gasteiger partial charge in [-0.2, -0.15) is 0 Å². The van der Waals surface area contributed by atoms with Crippen LogP contribution in [-0.4, -0.2) is 18.1 Å². The van der Waals surface area contributed by atoms with Gasteiger partial charge in [-0.25, -0.2) is 4.98 Å². The van der Waals surface area contributed by atoms with Gasteiger partial charge >= 0.3 is 0 Å². The summed E-state index contributed by atoms with van der Waals surface area (Å²) in [6, 6.07) is 8.44. The molecule has 0 unspecified atom stereocenters. The molecule has 0 aliphatic carbocycles. The number of anilines is 2. The number of benzene rings is 1. The van der Waals surface area contributed by atoms with Gasteiger partial charge in [-0.05, 0) is 12.1 Å². The van der Waals surface area contributed by atoms with Gasteiger partial charge in [0.2, 0.25) is 0 Å². The van der Waals surface area contributed by atoms with Crippen LogP contribution in [0.15, 0.2) is 35.8 Å². The Hall–Kier alpha value is -1.55. The fourth-order valence-corrected chi connectivity index (χ4v) is 2.63. The maximum absolute atomic E-state index is 4.34. The largest absolute Gasteiger partial charge is 0.382 e. The van der Waals surface area contributed by atoms with Crippen LogP contribution in [0.2, 0.25) is 0 Å². The number of hydrogen-bond donors (Lipinski definition) is 1. The average molecular weight is 231 g/mol. The SMILES string of the molecule is c1ccc2c(c1)NCCN2Cc1nccs1. The molecule has 16 heavy (non-hydrogen) atoms. The highest BCUT2D eigenvalue weighted by molar-refractivity contribution is 7.09. The topological polar surface area (TPSA) is 28.2 Å². The van der Waals surface area contributed by atoms with E-state index >= 15 is 0 Å². The first-order valence-electron chi connectivity index (χ1n) is 5.40. The van der Waals surface area contributed by atoms with Gasteiger partial charge in [0.15, 0.2) is 0 Å². The van der Waals surface area contributed by atoms with Gasteiger partial charge < -0.3 is 10.2 Å². The molecular formula is C12H13N3S. The lowest BCUT2D eigenvalue weighted by molar-refractivity contribution is 0.783. The summed E-state index contributed by atoms with van der Waals surface area (Å²) in [5.41, 5.74) is 2.51. The predicted molar refractivity (Wildman–Crippen MR) is 68.1 cm³/mol. The summed E-state index contributed by atoms with van der Waals surface area (Å²) in [5, 5.41) is 6.62. The average Bonchev–Trinajstić information content (AvgIpc) is 2.82. The molecule has 3 nitrogen and oxygen atoms in total. The summed E-state index contributed by atoms with van der Waals surface area (Å²) in [7, 11) is 0. The lowest BCUT2D eigenvalue weighted by atomic mass is 10.2. The van der Waals surface area contributed by atoms with Gasteiger partial charge in [0, 0.05) is 24.7 Å². The van der Waals surface area contributed by atoms with E-state index in [1.165, 1.54) is 16.4 Å². The molecule has 0 bridgehead atoms. The molecule has 82 valence electrons. The molecule has 3 rings (SSSR count). The molecule has 1 N–H and O–H groups in total. The Kier molecular flexibility index (Phi) is 2.50. The zero-order valence-electron chi connectivity index (χ0n) is 8.89. The minimum atomic E-state index is 0.913. The predicted octanol–water partition coefficient (Wildman–Crippen LogP) is 2.58. The van der Waals surface area contributed by atoms with E-state index in [0.717, 1.165) is 19.6 Å². The molecule has 0 amide bonds. The summed E-state index contributed by atoms with van der Waals surface area (Å²) < 4.78 is 0. The Morgan fingerprint density at radius 2 is 2.31 bits per heavy atom. The summed E-state index contributed by atoms with van der Waals surface area (Å²) in [6.07, 6.45) is 1.87. The van der Waals surface area contributed by atoms with Crippen molar-refractivity contribution >= 4 is 22.7 Å². The van der Waals surface area contributed by atoms with Crippen LogP contribution in [-0.2, 0) is 6.54 Å². The molecule has 2 aromatic rings. The van der Waals surface area contributed by atoms with Gasteiger partial charge in [0.1, 0.15) is 5.01 Å². The smallest absolute Gasteiger partial charge is 0.112 e.